The third-order valence-electron chi connectivity index (χ3n) is 6.11. The van der Waals surface area contributed by atoms with Crippen molar-refractivity contribution in [2.75, 3.05) is 23.1 Å². The van der Waals surface area contributed by atoms with Crippen LogP contribution in [-0.2, 0) is 20.0 Å². The Morgan fingerprint density at radius 1 is 0.784 bits per heavy atom. The number of hydrogen-bond donors (Lipinski definition) is 2. The molecule has 1 fully saturated rings. The Morgan fingerprint density at radius 3 is 1.97 bits per heavy atom. The molecule has 0 radical (unpaired) electrons. The van der Waals surface area contributed by atoms with Crippen molar-refractivity contribution < 1.29 is 21.6 Å². The summed E-state index contributed by atoms with van der Waals surface area (Å²) in [5.74, 6) is -0.565. The zero-order valence-electron chi connectivity index (χ0n) is 20.3. The minimum absolute atomic E-state index is 0.0621. The summed E-state index contributed by atoms with van der Waals surface area (Å²) in [5.41, 5.74) is 1.54. The lowest BCUT2D eigenvalue weighted by Gasteiger charge is -2.20. The molecule has 37 heavy (non-hydrogen) atoms. The number of sulfonamides is 2. The number of nitrogens with one attached hydrogen (secondary N) is 2. The fourth-order valence-corrected chi connectivity index (χ4v) is 6.80. The van der Waals surface area contributed by atoms with Crippen LogP contribution in [-0.4, -0.2) is 40.1 Å². The molecule has 3 aromatic carbocycles. The van der Waals surface area contributed by atoms with Crippen molar-refractivity contribution in [2.45, 2.75) is 42.4 Å². The van der Waals surface area contributed by atoms with Gasteiger partial charge < -0.3 is 5.32 Å². The molecule has 1 saturated heterocycles. The van der Waals surface area contributed by atoms with Gasteiger partial charge in [0.05, 0.1) is 20.4 Å². The summed E-state index contributed by atoms with van der Waals surface area (Å²) in [6, 6.07) is 16.6. The molecular formula is C26H28ClN3O5S2. The monoisotopic (exact) mass is 561 g/mol. The molecule has 3 aromatic rings. The van der Waals surface area contributed by atoms with E-state index in [1.54, 1.807) is 12.1 Å². The van der Waals surface area contributed by atoms with Crippen molar-refractivity contribution in [3.63, 3.8) is 0 Å². The lowest BCUT2D eigenvalue weighted by molar-refractivity contribution is 0.102. The summed E-state index contributed by atoms with van der Waals surface area (Å²) in [4.78, 5) is 13.2. The topological polar surface area (TPSA) is 113 Å². The second-order valence-electron chi connectivity index (χ2n) is 8.91. The number of carbonyl (C=O) groups excluding carboxylic acids is 1. The van der Waals surface area contributed by atoms with Gasteiger partial charge in [-0.15, -0.1) is 0 Å². The van der Waals surface area contributed by atoms with Crippen LogP contribution in [0.4, 0.5) is 11.4 Å². The number of aryl methyl sites for hydroxylation is 1. The van der Waals surface area contributed by atoms with Crippen molar-refractivity contribution in [3.8, 4) is 0 Å². The van der Waals surface area contributed by atoms with E-state index in [0.29, 0.717) is 18.8 Å². The second kappa shape index (κ2) is 11.2. The maximum absolute atomic E-state index is 13.0. The van der Waals surface area contributed by atoms with Crippen LogP contribution in [0.25, 0.3) is 0 Å². The molecule has 1 aliphatic rings. The van der Waals surface area contributed by atoms with E-state index in [9.17, 15) is 21.6 Å². The molecule has 8 nitrogen and oxygen atoms in total. The number of carbonyl (C=O) groups is 1. The molecule has 196 valence electrons. The van der Waals surface area contributed by atoms with E-state index < -0.39 is 26.0 Å². The predicted octanol–water partition coefficient (Wildman–Crippen LogP) is 5.27. The molecule has 1 amide bonds. The Bertz CT molecular complexity index is 1480. The number of amides is 1. The standard InChI is InChI=1S/C26H28ClN3O5S2/c1-19-6-11-22(12-7-19)36(32,33)29-21-10-15-25(27)24(18-21)26(31)28-20-8-13-23(14-9-20)37(34,35)30-16-4-2-3-5-17-30/h6-15,18,29H,2-5,16-17H2,1H3,(H,28,31). The average molecular weight is 562 g/mol. The Morgan fingerprint density at radius 2 is 1.35 bits per heavy atom. The Hall–Kier alpha value is -2.92. The normalized spacial score (nSPS) is 15.1. The molecule has 11 heteroatoms. The summed E-state index contributed by atoms with van der Waals surface area (Å²) >= 11 is 6.22. The van der Waals surface area contributed by atoms with E-state index >= 15 is 0 Å². The van der Waals surface area contributed by atoms with Gasteiger partial charge in [0, 0.05) is 24.5 Å². The number of rotatable bonds is 7. The highest BCUT2D eigenvalue weighted by atomic mass is 35.5. The van der Waals surface area contributed by atoms with Gasteiger partial charge in [0.2, 0.25) is 10.0 Å². The van der Waals surface area contributed by atoms with Gasteiger partial charge in [-0.1, -0.05) is 42.1 Å². The van der Waals surface area contributed by atoms with Gasteiger partial charge >= 0.3 is 0 Å². The molecular weight excluding hydrogens is 534 g/mol. The van der Waals surface area contributed by atoms with Gasteiger partial charge in [-0.05, 0) is 74.4 Å². The Kier molecular flexibility index (Phi) is 8.23. The van der Waals surface area contributed by atoms with Gasteiger partial charge in [-0.25, -0.2) is 16.8 Å². The van der Waals surface area contributed by atoms with Gasteiger partial charge in [0.25, 0.3) is 15.9 Å². The van der Waals surface area contributed by atoms with Gasteiger partial charge in [-0.3, -0.25) is 9.52 Å². The van der Waals surface area contributed by atoms with E-state index in [0.717, 1.165) is 31.2 Å². The number of benzene rings is 3. The maximum atomic E-state index is 13.0. The minimum Gasteiger partial charge on any atom is -0.322 e. The first kappa shape index (κ1) is 27.1. The van der Waals surface area contributed by atoms with Crippen LogP contribution in [0.1, 0.15) is 41.6 Å². The Balaban J connectivity index is 1.48. The van der Waals surface area contributed by atoms with E-state index in [1.807, 2.05) is 6.92 Å². The van der Waals surface area contributed by atoms with Gasteiger partial charge in [0.1, 0.15) is 0 Å². The van der Waals surface area contributed by atoms with Crippen LogP contribution in [0, 0.1) is 6.92 Å². The van der Waals surface area contributed by atoms with Gasteiger partial charge in [-0.2, -0.15) is 4.31 Å². The molecule has 1 heterocycles. The first-order valence-electron chi connectivity index (χ1n) is 11.9. The summed E-state index contributed by atoms with van der Waals surface area (Å²) in [7, 11) is -7.46. The highest BCUT2D eigenvalue weighted by Crippen LogP contribution is 2.26. The summed E-state index contributed by atoms with van der Waals surface area (Å²) in [6.07, 6.45) is 3.73. The molecule has 0 aromatic heterocycles. The van der Waals surface area contributed by atoms with Crippen LogP contribution in [0.2, 0.25) is 5.02 Å². The van der Waals surface area contributed by atoms with E-state index in [4.69, 9.17) is 11.6 Å². The predicted molar refractivity (Wildman–Crippen MR) is 145 cm³/mol. The van der Waals surface area contributed by atoms with Crippen molar-refractivity contribution in [3.05, 3.63) is 82.9 Å². The molecule has 0 bridgehead atoms. The van der Waals surface area contributed by atoms with Crippen LogP contribution in [0.5, 0.6) is 0 Å². The highest BCUT2D eigenvalue weighted by molar-refractivity contribution is 7.92. The lowest BCUT2D eigenvalue weighted by Crippen LogP contribution is -2.31. The first-order valence-corrected chi connectivity index (χ1v) is 15.2. The largest absolute Gasteiger partial charge is 0.322 e. The first-order chi connectivity index (χ1) is 17.6. The average Bonchev–Trinajstić information content (AvgIpc) is 3.16. The summed E-state index contributed by atoms with van der Waals surface area (Å²) in [5, 5.41) is 2.82. The number of halogens is 1. The van der Waals surface area contributed by atoms with Crippen LogP contribution < -0.4 is 10.0 Å². The quantitative estimate of drug-likeness (QED) is 0.408. The van der Waals surface area contributed by atoms with Crippen LogP contribution >= 0.6 is 11.6 Å². The minimum atomic E-state index is -3.86. The molecule has 0 spiro atoms. The zero-order chi connectivity index (χ0) is 26.6. The number of nitrogens with zero attached hydrogens (tertiary/aromatic N) is 1. The van der Waals surface area contributed by atoms with Gasteiger partial charge in [0.15, 0.2) is 0 Å². The van der Waals surface area contributed by atoms with E-state index in [1.165, 1.54) is 58.9 Å². The summed E-state index contributed by atoms with van der Waals surface area (Å²) in [6.45, 7) is 2.86. The molecule has 1 aliphatic heterocycles. The molecule has 4 rings (SSSR count). The van der Waals surface area contributed by atoms with E-state index in [-0.39, 0.29) is 26.1 Å². The smallest absolute Gasteiger partial charge is 0.261 e. The van der Waals surface area contributed by atoms with Crippen molar-refractivity contribution in [1.29, 1.82) is 0 Å². The molecule has 0 atom stereocenters. The molecule has 0 saturated carbocycles. The second-order valence-corrected chi connectivity index (χ2v) is 12.9. The fraction of sp³-hybridized carbons (Fsp3) is 0.269. The molecule has 0 aliphatic carbocycles. The third-order valence-corrected chi connectivity index (χ3v) is 9.75. The van der Waals surface area contributed by atoms with Crippen molar-refractivity contribution in [2.24, 2.45) is 0 Å². The lowest BCUT2D eigenvalue weighted by atomic mass is 10.2. The van der Waals surface area contributed by atoms with Crippen LogP contribution in [0.15, 0.2) is 76.5 Å². The van der Waals surface area contributed by atoms with Crippen LogP contribution in [0.3, 0.4) is 0 Å². The maximum Gasteiger partial charge on any atom is 0.261 e. The molecule has 0 unspecified atom stereocenters. The van der Waals surface area contributed by atoms with Crippen molar-refractivity contribution in [1.82, 2.24) is 4.31 Å². The Labute approximate surface area is 222 Å². The summed E-state index contributed by atoms with van der Waals surface area (Å²) < 4.78 is 55.4. The molecule has 2 N–H and O–H groups in total. The highest BCUT2D eigenvalue weighted by Gasteiger charge is 2.25. The SMILES string of the molecule is Cc1ccc(S(=O)(=O)Nc2ccc(Cl)c(C(=O)Nc3ccc(S(=O)(=O)N4CCCCCC4)cc3)c2)cc1. The number of hydrogen-bond acceptors (Lipinski definition) is 5. The van der Waals surface area contributed by atoms with E-state index in [2.05, 4.69) is 10.0 Å². The zero-order valence-corrected chi connectivity index (χ0v) is 22.7. The fourth-order valence-electron chi connectivity index (χ4n) is 4.03. The van der Waals surface area contributed by atoms with Crippen molar-refractivity contribution >= 4 is 48.9 Å². The number of anilines is 2. The third kappa shape index (κ3) is 6.51.